The average Bonchev–Trinajstić information content (AvgIpc) is 2.17. The third-order valence-electron chi connectivity index (χ3n) is 2.24. The molecule has 15 heavy (non-hydrogen) atoms. The highest BCUT2D eigenvalue weighted by Gasteiger charge is 2.25. The van der Waals surface area contributed by atoms with E-state index in [0.29, 0.717) is 12.1 Å². The van der Waals surface area contributed by atoms with Crippen LogP contribution in [0.5, 0.6) is 0 Å². The highest BCUT2D eigenvalue weighted by atomic mass is 19.1. The fourth-order valence-electron chi connectivity index (χ4n) is 1.47. The zero-order valence-corrected chi connectivity index (χ0v) is 9.29. The molecule has 1 heterocycles. The maximum Gasteiger partial charge on any atom is 0.141 e. The minimum atomic E-state index is -1.09. The first-order chi connectivity index (χ1) is 6.98. The number of allylic oxidation sites excluding steroid dienone is 1. The Morgan fingerprint density at radius 2 is 2.20 bits per heavy atom. The Hall–Kier alpha value is -1.22. The number of aliphatic hydroxyl groups is 1. The van der Waals surface area contributed by atoms with Crippen molar-refractivity contribution in [3.63, 3.8) is 0 Å². The van der Waals surface area contributed by atoms with E-state index in [0.717, 1.165) is 11.8 Å². The Labute approximate surface area is 89.5 Å². The van der Waals surface area contributed by atoms with Gasteiger partial charge in [-0.3, -0.25) is 4.98 Å². The first-order valence-electron chi connectivity index (χ1n) is 4.98. The minimum absolute atomic E-state index is 0.394. The molecule has 1 rings (SSSR count). The van der Waals surface area contributed by atoms with Crippen LogP contribution in [0.2, 0.25) is 0 Å². The maximum absolute atomic E-state index is 12.7. The van der Waals surface area contributed by atoms with Crippen LogP contribution in [-0.4, -0.2) is 10.1 Å². The van der Waals surface area contributed by atoms with Crippen molar-refractivity contribution in [2.45, 2.75) is 32.8 Å². The molecule has 3 heteroatoms. The Balaban J connectivity index is 3.11. The summed E-state index contributed by atoms with van der Waals surface area (Å²) in [5.74, 6) is -0.394. The molecule has 0 bridgehead atoms. The third-order valence-corrected chi connectivity index (χ3v) is 2.24. The highest BCUT2D eigenvalue weighted by molar-refractivity contribution is 5.22. The van der Waals surface area contributed by atoms with Crippen molar-refractivity contribution in [3.8, 4) is 0 Å². The van der Waals surface area contributed by atoms with E-state index < -0.39 is 11.4 Å². The fraction of sp³-hybridized carbons (Fsp3) is 0.417. The van der Waals surface area contributed by atoms with Gasteiger partial charge in [0, 0.05) is 0 Å². The summed E-state index contributed by atoms with van der Waals surface area (Å²) in [5, 5.41) is 10.3. The Morgan fingerprint density at radius 3 is 2.60 bits per heavy atom. The topological polar surface area (TPSA) is 33.1 Å². The number of pyridine rings is 1. The van der Waals surface area contributed by atoms with Crippen LogP contribution in [0.25, 0.3) is 0 Å². The van der Waals surface area contributed by atoms with Gasteiger partial charge in [0.2, 0.25) is 0 Å². The maximum atomic E-state index is 12.7. The van der Waals surface area contributed by atoms with Gasteiger partial charge in [-0.15, -0.1) is 0 Å². The molecule has 0 amide bonds. The summed E-state index contributed by atoms with van der Waals surface area (Å²) in [6.07, 6.45) is 3.37. The first kappa shape index (κ1) is 11.9. The van der Waals surface area contributed by atoms with Crippen molar-refractivity contribution in [1.29, 1.82) is 0 Å². The van der Waals surface area contributed by atoms with Gasteiger partial charge in [0.05, 0.1) is 11.9 Å². The highest BCUT2D eigenvalue weighted by Crippen LogP contribution is 2.26. The average molecular weight is 209 g/mol. The van der Waals surface area contributed by atoms with Gasteiger partial charge in [-0.2, -0.15) is 0 Å². The van der Waals surface area contributed by atoms with E-state index in [1.165, 1.54) is 12.1 Å². The van der Waals surface area contributed by atoms with E-state index in [1.54, 1.807) is 6.08 Å². The second-order valence-electron chi connectivity index (χ2n) is 3.86. The van der Waals surface area contributed by atoms with Crippen LogP contribution in [0.1, 0.15) is 32.9 Å². The monoisotopic (exact) mass is 209 g/mol. The quantitative estimate of drug-likeness (QED) is 0.776. The molecule has 0 radical (unpaired) electrons. The van der Waals surface area contributed by atoms with Crippen LogP contribution in [-0.2, 0) is 5.60 Å². The van der Waals surface area contributed by atoms with Gasteiger partial charge in [0.15, 0.2) is 0 Å². The molecule has 0 fully saturated rings. The van der Waals surface area contributed by atoms with Gasteiger partial charge in [0.1, 0.15) is 11.4 Å². The van der Waals surface area contributed by atoms with E-state index in [1.807, 2.05) is 20.8 Å². The number of rotatable bonds is 3. The summed E-state index contributed by atoms with van der Waals surface area (Å²) < 4.78 is 12.7. The summed E-state index contributed by atoms with van der Waals surface area (Å²) in [7, 11) is 0. The third kappa shape index (κ3) is 2.86. The molecule has 0 aliphatic rings. The van der Waals surface area contributed by atoms with E-state index in [4.69, 9.17) is 0 Å². The van der Waals surface area contributed by atoms with Gasteiger partial charge in [-0.1, -0.05) is 12.5 Å². The molecule has 1 aromatic heterocycles. The summed E-state index contributed by atoms with van der Waals surface area (Å²) in [6.45, 7) is 5.68. The van der Waals surface area contributed by atoms with Gasteiger partial charge >= 0.3 is 0 Å². The normalized spacial score (nSPS) is 14.5. The van der Waals surface area contributed by atoms with Gasteiger partial charge < -0.3 is 5.11 Å². The van der Waals surface area contributed by atoms with E-state index in [9.17, 15) is 9.50 Å². The lowest BCUT2D eigenvalue weighted by Gasteiger charge is -2.22. The Kier molecular flexibility index (Phi) is 3.58. The van der Waals surface area contributed by atoms with Crippen molar-refractivity contribution in [2.24, 2.45) is 0 Å². The van der Waals surface area contributed by atoms with Gasteiger partial charge in [0.25, 0.3) is 0 Å². The SMILES string of the molecule is CCC(O)(C=C(C)C)c1ccc(F)cn1. The summed E-state index contributed by atoms with van der Waals surface area (Å²) >= 11 is 0. The predicted molar refractivity (Wildman–Crippen MR) is 57.8 cm³/mol. The van der Waals surface area contributed by atoms with Crippen LogP contribution >= 0.6 is 0 Å². The molecule has 82 valence electrons. The molecule has 1 unspecified atom stereocenters. The van der Waals surface area contributed by atoms with E-state index >= 15 is 0 Å². The zero-order valence-electron chi connectivity index (χ0n) is 9.29. The van der Waals surface area contributed by atoms with Crippen molar-refractivity contribution >= 4 is 0 Å². The summed E-state index contributed by atoms with van der Waals surface area (Å²) in [5.41, 5.74) is 0.394. The lowest BCUT2D eigenvalue weighted by molar-refractivity contribution is 0.0795. The number of halogens is 1. The van der Waals surface area contributed by atoms with Crippen molar-refractivity contribution < 1.29 is 9.50 Å². The Bertz CT molecular complexity index is 354. The smallest absolute Gasteiger partial charge is 0.141 e. The molecular weight excluding hydrogens is 193 g/mol. The number of aromatic nitrogens is 1. The minimum Gasteiger partial charge on any atom is -0.379 e. The number of nitrogens with zero attached hydrogens (tertiary/aromatic N) is 1. The van der Waals surface area contributed by atoms with Crippen LogP contribution in [0.3, 0.4) is 0 Å². The standard InChI is InChI=1S/C12H16FNO/c1-4-12(15,7-9(2)3)11-6-5-10(13)8-14-11/h5-8,15H,4H2,1-3H3. The molecule has 0 saturated heterocycles. The van der Waals surface area contributed by atoms with Gasteiger partial charge in [-0.25, -0.2) is 4.39 Å². The molecule has 1 aromatic rings. The molecule has 2 nitrogen and oxygen atoms in total. The Morgan fingerprint density at radius 1 is 1.53 bits per heavy atom. The van der Waals surface area contributed by atoms with Crippen LogP contribution in [0.4, 0.5) is 4.39 Å². The first-order valence-corrected chi connectivity index (χ1v) is 4.98. The van der Waals surface area contributed by atoms with Crippen molar-refractivity contribution in [1.82, 2.24) is 4.98 Å². The van der Waals surface area contributed by atoms with Crippen molar-refractivity contribution in [2.75, 3.05) is 0 Å². The summed E-state index contributed by atoms with van der Waals surface area (Å²) in [6, 6.07) is 2.82. The lowest BCUT2D eigenvalue weighted by Crippen LogP contribution is -2.23. The molecule has 1 N–H and O–H groups in total. The second kappa shape index (κ2) is 4.53. The van der Waals surface area contributed by atoms with Crippen molar-refractivity contribution in [3.05, 3.63) is 41.5 Å². The van der Waals surface area contributed by atoms with Crippen LogP contribution in [0, 0.1) is 5.82 Å². The zero-order chi connectivity index (χ0) is 11.5. The number of hydrogen-bond donors (Lipinski definition) is 1. The molecule has 0 aliphatic carbocycles. The predicted octanol–water partition coefficient (Wildman–Crippen LogP) is 2.78. The molecule has 0 saturated carbocycles. The molecule has 1 atom stereocenters. The van der Waals surface area contributed by atoms with E-state index in [-0.39, 0.29) is 0 Å². The number of hydrogen-bond acceptors (Lipinski definition) is 2. The van der Waals surface area contributed by atoms with E-state index in [2.05, 4.69) is 4.98 Å². The lowest BCUT2D eigenvalue weighted by atomic mass is 9.93. The van der Waals surface area contributed by atoms with Crippen LogP contribution < -0.4 is 0 Å². The fourth-order valence-corrected chi connectivity index (χ4v) is 1.47. The molecule has 0 aromatic carbocycles. The molecule has 0 aliphatic heterocycles. The molecule has 0 spiro atoms. The largest absolute Gasteiger partial charge is 0.379 e. The van der Waals surface area contributed by atoms with Gasteiger partial charge in [-0.05, 0) is 38.5 Å². The second-order valence-corrected chi connectivity index (χ2v) is 3.86. The molecular formula is C12H16FNO. The van der Waals surface area contributed by atoms with Crippen LogP contribution in [0.15, 0.2) is 30.0 Å². The summed E-state index contributed by atoms with van der Waals surface area (Å²) in [4.78, 5) is 3.90.